The van der Waals surface area contributed by atoms with Gasteiger partial charge in [0.1, 0.15) is 5.82 Å². The number of nitrogens with one attached hydrogen (secondary N) is 2. The smallest absolute Gasteiger partial charge is 0.240 e. The van der Waals surface area contributed by atoms with Crippen LogP contribution in [0.1, 0.15) is 5.56 Å². The summed E-state index contributed by atoms with van der Waals surface area (Å²) in [7, 11) is -1.77. The molecule has 0 aliphatic rings. The molecule has 112 valence electrons. The summed E-state index contributed by atoms with van der Waals surface area (Å²) in [6.07, 6.45) is 0.436. The summed E-state index contributed by atoms with van der Waals surface area (Å²) in [6.45, 7) is 0.222. The predicted molar refractivity (Wildman–Crippen MR) is 81.3 cm³/mol. The van der Waals surface area contributed by atoms with Gasteiger partial charge < -0.3 is 5.32 Å². The van der Waals surface area contributed by atoms with Crippen LogP contribution in [0.2, 0.25) is 0 Å². The van der Waals surface area contributed by atoms with Gasteiger partial charge in [0.15, 0.2) is 0 Å². The van der Waals surface area contributed by atoms with E-state index in [1.807, 2.05) is 0 Å². The minimum absolute atomic E-state index is 0.209. The van der Waals surface area contributed by atoms with Crippen molar-refractivity contribution in [2.45, 2.75) is 11.3 Å². The first-order valence-corrected chi connectivity index (χ1v) is 8.01. The molecule has 0 radical (unpaired) electrons. The first-order chi connectivity index (χ1) is 10.0. The number of rotatable bonds is 6. The lowest BCUT2D eigenvalue weighted by Gasteiger charge is -2.08. The fraction of sp³-hybridized carbons (Fsp3) is 0.200. The number of hydrogen-bond acceptors (Lipinski definition) is 3. The lowest BCUT2D eigenvalue weighted by Crippen LogP contribution is -2.26. The van der Waals surface area contributed by atoms with Crippen molar-refractivity contribution in [2.75, 3.05) is 18.9 Å². The van der Waals surface area contributed by atoms with Gasteiger partial charge >= 0.3 is 0 Å². The molecule has 2 aromatic carbocycles. The monoisotopic (exact) mass is 308 g/mol. The highest BCUT2D eigenvalue weighted by atomic mass is 32.2. The zero-order valence-corrected chi connectivity index (χ0v) is 12.5. The molecule has 2 N–H and O–H groups in total. The van der Waals surface area contributed by atoms with Crippen LogP contribution in [0.5, 0.6) is 0 Å². The molecule has 0 saturated carbocycles. The molecule has 0 bridgehead atoms. The SMILES string of the molecule is CNc1ccc(S(=O)(=O)NCCc2cccc(F)c2)cc1. The van der Waals surface area contributed by atoms with E-state index in [0.29, 0.717) is 6.42 Å². The Kier molecular flexibility index (Phi) is 4.93. The van der Waals surface area contributed by atoms with E-state index in [1.54, 1.807) is 31.3 Å². The molecule has 0 fully saturated rings. The number of halogens is 1. The van der Waals surface area contributed by atoms with Gasteiger partial charge in [-0.1, -0.05) is 12.1 Å². The van der Waals surface area contributed by atoms with Gasteiger partial charge in [-0.15, -0.1) is 0 Å². The van der Waals surface area contributed by atoms with E-state index in [1.165, 1.54) is 24.3 Å². The largest absolute Gasteiger partial charge is 0.388 e. The Morgan fingerprint density at radius 2 is 1.81 bits per heavy atom. The van der Waals surface area contributed by atoms with Crippen LogP contribution in [0.15, 0.2) is 53.4 Å². The number of hydrogen-bond donors (Lipinski definition) is 2. The fourth-order valence-corrected chi connectivity index (χ4v) is 2.94. The van der Waals surface area contributed by atoms with Crippen LogP contribution in [0.4, 0.5) is 10.1 Å². The fourth-order valence-electron chi connectivity index (χ4n) is 1.91. The zero-order chi connectivity index (χ0) is 15.3. The van der Waals surface area contributed by atoms with Crippen LogP contribution in [0.3, 0.4) is 0 Å². The first-order valence-electron chi connectivity index (χ1n) is 6.53. The maximum atomic E-state index is 13.0. The van der Waals surface area contributed by atoms with E-state index in [4.69, 9.17) is 0 Å². The van der Waals surface area contributed by atoms with Crippen LogP contribution in [-0.4, -0.2) is 22.0 Å². The molecule has 0 spiro atoms. The second-order valence-corrected chi connectivity index (χ2v) is 6.32. The normalized spacial score (nSPS) is 11.3. The van der Waals surface area contributed by atoms with Gasteiger partial charge in [-0.05, 0) is 48.4 Å². The van der Waals surface area contributed by atoms with E-state index >= 15 is 0 Å². The van der Waals surface area contributed by atoms with Gasteiger partial charge in [0, 0.05) is 19.3 Å². The zero-order valence-electron chi connectivity index (χ0n) is 11.6. The highest BCUT2D eigenvalue weighted by Gasteiger charge is 2.12. The van der Waals surface area contributed by atoms with Crippen LogP contribution in [0, 0.1) is 5.82 Å². The summed E-state index contributed by atoms with van der Waals surface area (Å²) < 4.78 is 39.7. The second-order valence-electron chi connectivity index (χ2n) is 4.55. The van der Waals surface area contributed by atoms with E-state index in [9.17, 15) is 12.8 Å². The Morgan fingerprint density at radius 1 is 1.10 bits per heavy atom. The third-order valence-electron chi connectivity index (χ3n) is 3.05. The third kappa shape index (κ3) is 4.27. The molecule has 21 heavy (non-hydrogen) atoms. The van der Waals surface area contributed by atoms with Crippen molar-refractivity contribution >= 4 is 15.7 Å². The van der Waals surface area contributed by atoms with E-state index in [-0.39, 0.29) is 17.3 Å². The average molecular weight is 308 g/mol. The Labute approximate surface area is 124 Å². The predicted octanol–water partition coefficient (Wildman–Crippen LogP) is 2.39. The lowest BCUT2D eigenvalue weighted by atomic mass is 10.1. The van der Waals surface area contributed by atoms with Crippen molar-refractivity contribution in [1.82, 2.24) is 4.72 Å². The van der Waals surface area contributed by atoms with Crippen molar-refractivity contribution in [2.24, 2.45) is 0 Å². The van der Waals surface area contributed by atoms with Crippen molar-refractivity contribution in [3.8, 4) is 0 Å². The summed E-state index contributed by atoms with van der Waals surface area (Å²) in [6, 6.07) is 12.6. The number of sulfonamides is 1. The summed E-state index contributed by atoms with van der Waals surface area (Å²) >= 11 is 0. The molecule has 0 unspecified atom stereocenters. The Balaban J connectivity index is 1.97. The summed E-state index contributed by atoms with van der Waals surface area (Å²) in [5.41, 5.74) is 1.59. The van der Waals surface area contributed by atoms with Crippen molar-refractivity contribution in [1.29, 1.82) is 0 Å². The molecule has 0 aliphatic carbocycles. The first kappa shape index (κ1) is 15.5. The molecule has 6 heteroatoms. The lowest BCUT2D eigenvalue weighted by molar-refractivity contribution is 0.581. The van der Waals surface area contributed by atoms with Crippen LogP contribution in [-0.2, 0) is 16.4 Å². The Morgan fingerprint density at radius 3 is 2.43 bits per heavy atom. The molecule has 2 aromatic rings. The van der Waals surface area contributed by atoms with Crippen molar-refractivity contribution < 1.29 is 12.8 Å². The van der Waals surface area contributed by atoms with Crippen LogP contribution < -0.4 is 10.0 Å². The molecule has 0 aliphatic heterocycles. The van der Waals surface area contributed by atoms with E-state index < -0.39 is 10.0 Å². The maximum absolute atomic E-state index is 13.0. The second kappa shape index (κ2) is 6.69. The minimum Gasteiger partial charge on any atom is -0.388 e. The van der Waals surface area contributed by atoms with E-state index in [2.05, 4.69) is 10.0 Å². The highest BCUT2D eigenvalue weighted by Crippen LogP contribution is 2.13. The molecule has 0 aromatic heterocycles. The molecule has 2 rings (SSSR count). The Bertz CT molecular complexity index is 700. The molecule has 0 amide bonds. The molecular formula is C15H17FN2O2S. The quantitative estimate of drug-likeness (QED) is 0.861. The molecule has 0 atom stereocenters. The molecule has 0 heterocycles. The summed E-state index contributed by atoms with van der Waals surface area (Å²) in [5.74, 6) is -0.321. The third-order valence-corrected chi connectivity index (χ3v) is 4.53. The summed E-state index contributed by atoms with van der Waals surface area (Å²) in [4.78, 5) is 0.209. The molecular weight excluding hydrogens is 291 g/mol. The van der Waals surface area contributed by atoms with Crippen molar-refractivity contribution in [3.63, 3.8) is 0 Å². The number of benzene rings is 2. The highest BCUT2D eigenvalue weighted by molar-refractivity contribution is 7.89. The molecule has 0 saturated heterocycles. The topological polar surface area (TPSA) is 58.2 Å². The summed E-state index contributed by atoms with van der Waals surface area (Å²) in [5, 5.41) is 2.92. The Hall–Kier alpha value is -1.92. The standard InChI is InChI=1S/C15H17FN2O2S/c1-17-14-5-7-15(8-6-14)21(19,20)18-10-9-12-3-2-4-13(16)11-12/h2-8,11,17-18H,9-10H2,1H3. The maximum Gasteiger partial charge on any atom is 0.240 e. The molecule has 4 nitrogen and oxygen atoms in total. The van der Waals surface area contributed by atoms with E-state index in [0.717, 1.165) is 11.3 Å². The minimum atomic E-state index is -3.54. The van der Waals surface area contributed by atoms with Crippen LogP contribution >= 0.6 is 0 Å². The van der Waals surface area contributed by atoms with Gasteiger partial charge in [0.05, 0.1) is 4.90 Å². The van der Waals surface area contributed by atoms with Crippen molar-refractivity contribution in [3.05, 3.63) is 59.9 Å². The average Bonchev–Trinajstić information content (AvgIpc) is 2.47. The number of anilines is 1. The van der Waals surface area contributed by atoms with Gasteiger partial charge in [0.2, 0.25) is 10.0 Å². The van der Waals surface area contributed by atoms with Gasteiger partial charge in [-0.25, -0.2) is 17.5 Å². The van der Waals surface area contributed by atoms with Crippen LogP contribution in [0.25, 0.3) is 0 Å². The van der Waals surface area contributed by atoms with Gasteiger partial charge in [0.25, 0.3) is 0 Å². The van der Waals surface area contributed by atoms with Gasteiger partial charge in [-0.2, -0.15) is 0 Å². The van der Waals surface area contributed by atoms with Gasteiger partial charge in [-0.3, -0.25) is 0 Å².